The molecule has 0 bridgehead atoms. The number of carbonyl (C=O) groups is 1. The average molecular weight is 503 g/mol. The van der Waals surface area contributed by atoms with Gasteiger partial charge in [0, 0.05) is 17.1 Å². The number of hydrogen-bond donors (Lipinski definition) is 2. The minimum absolute atomic E-state index is 0.264. The Morgan fingerprint density at radius 3 is 2.71 bits per heavy atom. The smallest absolute Gasteiger partial charge is 0.237 e. The molecule has 0 saturated heterocycles. The van der Waals surface area contributed by atoms with Crippen LogP contribution in [0.5, 0.6) is 5.88 Å². The molecule has 1 atom stereocenters. The summed E-state index contributed by atoms with van der Waals surface area (Å²) >= 11 is 1.17. The normalized spacial score (nSPS) is 14.4. The van der Waals surface area contributed by atoms with Crippen LogP contribution in [0.4, 0.5) is 10.9 Å². The maximum absolute atomic E-state index is 12.9. The van der Waals surface area contributed by atoms with Crippen molar-refractivity contribution in [3.63, 3.8) is 0 Å². The highest BCUT2D eigenvalue weighted by Gasteiger charge is 2.36. The lowest BCUT2D eigenvalue weighted by Crippen LogP contribution is -2.22. The molecule has 1 amide bonds. The number of ether oxygens (including phenoxy) is 1. The summed E-state index contributed by atoms with van der Waals surface area (Å²) in [6, 6.07) is 3.49. The van der Waals surface area contributed by atoms with Gasteiger partial charge in [0.15, 0.2) is 5.13 Å². The van der Waals surface area contributed by atoms with Crippen molar-refractivity contribution < 1.29 is 17.9 Å². The van der Waals surface area contributed by atoms with Crippen molar-refractivity contribution >= 4 is 38.2 Å². The molecule has 1 aliphatic carbocycles. The van der Waals surface area contributed by atoms with E-state index in [4.69, 9.17) is 4.74 Å². The topological polar surface area (TPSA) is 136 Å². The first-order valence-corrected chi connectivity index (χ1v) is 13.5. The predicted molar refractivity (Wildman–Crippen MR) is 130 cm³/mol. The number of sulfonamides is 1. The second-order valence-electron chi connectivity index (χ2n) is 7.90. The van der Waals surface area contributed by atoms with Crippen molar-refractivity contribution in [2.45, 2.75) is 50.7 Å². The van der Waals surface area contributed by atoms with Crippen LogP contribution >= 0.6 is 11.3 Å². The minimum Gasteiger partial charge on any atom is -0.477 e. The third-order valence-electron chi connectivity index (χ3n) is 5.17. The summed E-state index contributed by atoms with van der Waals surface area (Å²) in [5.41, 5.74) is 1.88. The van der Waals surface area contributed by atoms with Crippen LogP contribution in [0, 0.1) is 0 Å². The van der Waals surface area contributed by atoms with Gasteiger partial charge in [-0.15, -0.1) is 11.3 Å². The van der Waals surface area contributed by atoms with Crippen LogP contribution in [0.2, 0.25) is 0 Å². The molecule has 34 heavy (non-hydrogen) atoms. The van der Waals surface area contributed by atoms with Gasteiger partial charge in [-0.2, -0.15) is 0 Å². The van der Waals surface area contributed by atoms with Crippen molar-refractivity contribution in [3.05, 3.63) is 41.8 Å². The number of nitrogens with zero attached hydrogens (tertiary/aromatic N) is 4. The van der Waals surface area contributed by atoms with E-state index in [2.05, 4.69) is 30.0 Å². The number of nitrogens with one attached hydrogen (secondary N) is 2. The molecule has 1 saturated carbocycles. The van der Waals surface area contributed by atoms with Gasteiger partial charge in [0.2, 0.25) is 21.8 Å². The Bertz CT molecular complexity index is 1240. The van der Waals surface area contributed by atoms with Crippen molar-refractivity contribution in [2.75, 3.05) is 16.6 Å². The molecular weight excluding hydrogens is 476 g/mol. The third kappa shape index (κ3) is 5.86. The van der Waals surface area contributed by atoms with E-state index >= 15 is 0 Å². The van der Waals surface area contributed by atoms with Crippen LogP contribution in [0.1, 0.15) is 51.1 Å². The zero-order valence-electron chi connectivity index (χ0n) is 18.9. The van der Waals surface area contributed by atoms with Gasteiger partial charge in [-0.3, -0.25) is 14.5 Å². The summed E-state index contributed by atoms with van der Waals surface area (Å²) in [5, 5.41) is 4.46. The number of hydrogen-bond acceptors (Lipinski definition) is 9. The molecule has 12 heteroatoms. The number of anilines is 2. The van der Waals surface area contributed by atoms with Crippen LogP contribution in [0.3, 0.4) is 0 Å². The quantitative estimate of drug-likeness (QED) is 0.404. The SMILES string of the molecule is CCCOc1cncc(-c2ccc(NC(=O)C(CC)c3csc(NS(=O)(=O)C4CC4)n3)nc2)n1. The Balaban J connectivity index is 1.41. The largest absolute Gasteiger partial charge is 0.477 e. The molecule has 3 aromatic rings. The van der Waals surface area contributed by atoms with Gasteiger partial charge in [-0.25, -0.2) is 23.4 Å². The number of aromatic nitrogens is 4. The maximum Gasteiger partial charge on any atom is 0.237 e. The van der Waals surface area contributed by atoms with E-state index in [0.717, 1.165) is 12.0 Å². The molecule has 0 radical (unpaired) electrons. The van der Waals surface area contributed by atoms with Crippen LogP contribution in [0.15, 0.2) is 36.1 Å². The Morgan fingerprint density at radius 1 is 1.21 bits per heavy atom. The summed E-state index contributed by atoms with van der Waals surface area (Å²) < 4.78 is 32.3. The first kappa shape index (κ1) is 24.0. The van der Waals surface area contributed by atoms with E-state index < -0.39 is 15.9 Å². The van der Waals surface area contributed by atoms with Crippen LogP contribution < -0.4 is 14.8 Å². The Kier molecular flexibility index (Phi) is 7.37. The van der Waals surface area contributed by atoms with Gasteiger partial charge >= 0.3 is 0 Å². The lowest BCUT2D eigenvalue weighted by molar-refractivity contribution is -0.117. The van der Waals surface area contributed by atoms with E-state index in [1.165, 1.54) is 11.3 Å². The zero-order chi connectivity index (χ0) is 24.1. The Morgan fingerprint density at radius 2 is 2.03 bits per heavy atom. The molecule has 10 nitrogen and oxygen atoms in total. The lowest BCUT2D eigenvalue weighted by atomic mass is 10.0. The summed E-state index contributed by atoms with van der Waals surface area (Å²) in [4.78, 5) is 30.1. The number of carbonyl (C=O) groups excluding carboxylic acids is 1. The number of pyridine rings is 1. The summed E-state index contributed by atoms with van der Waals surface area (Å²) in [5.74, 6) is 0.0441. The van der Waals surface area contributed by atoms with E-state index in [1.54, 1.807) is 36.1 Å². The summed E-state index contributed by atoms with van der Waals surface area (Å²) in [7, 11) is -3.39. The third-order valence-corrected chi connectivity index (χ3v) is 7.91. The number of amides is 1. The maximum atomic E-state index is 12.9. The average Bonchev–Trinajstić information content (AvgIpc) is 3.61. The molecule has 1 aliphatic rings. The predicted octanol–water partition coefficient (Wildman–Crippen LogP) is 3.82. The number of thiazole rings is 1. The summed E-state index contributed by atoms with van der Waals surface area (Å²) in [6.45, 7) is 4.45. The highest BCUT2D eigenvalue weighted by atomic mass is 32.2. The molecule has 0 aliphatic heterocycles. The van der Waals surface area contributed by atoms with E-state index in [9.17, 15) is 13.2 Å². The Hall–Kier alpha value is -3.12. The van der Waals surface area contributed by atoms with Crippen molar-refractivity contribution in [2.24, 2.45) is 0 Å². The highest BCUT2D eigenvalue weighted by Crippen LogP contribution is 2.32. The molecule has 0 spiro atoms. The van der Waals surface area contributed by atoms with Crippen LogP contribution in [-0.2, 0) is 14.8 Å². The van der Waals surface area contributed by atoms with Crippen molar-refractivity contribution in [3.8, 4) is 17.1 Å². The molecule has 4 rings (SSSR count). The van der Waals surface area contributed by atoms with Crippen LogP contribution in [-0.4, -0.2) is 46.1 Å². The van der Waals surface area contributed by atoms with Crippen molar-refractivity contribution in [1.82, 2.24) is 19.9 Å². The number of rotatable bonds is 11. The highest BCUT2D eigenvalue weighted by molar-refractivity contribution is 7.93. The van der Waals surface area contributed by atoms with Crippen molar-refractivity contribution in [1.29, 1.82) is 0 Å². The molecule has 3 aromatic heterocycles. The summed E-state index contributed by atoms with van der Waals surface area (Å²) in [6.07, 6.45) is 7.51. The van der Waals surface area contributed by atoms with E-state index in [1.807, 2.05) is 13.8 Å². The molecule has 180 valence electrons. The van der Waals surface area contributed by atoms with Gasteiger partial charge < -0.3 is 10.1 Å². The fraction of sp³-hybridized carbons (Fsp3) is 0.409. The minimum atomic E-state index is -3.39. The van der Waals surface area contributed by atoms with Gasteiger partial charge in [0.1, 0.15) is 5.82 Å². The molecule has 1 unspecified atom stereocenters. The van der Waals surface area contributed by atoms with E-state index in [-0.39, 0.29) is 16.3 Å². The molecule has 0 aromatic carbocycles. The molecule has 1 fully saturated rings. The first-order valence-electron chi connectivity index (χ1n) is 11.1. The lowest BCUT2D eigenvalue weighted by Gasteiger charge is -2.13. The monoisotopic (exact) mass is 502 g/mol. The van der Waals surface area contributed by atoms with Gasteiger partial charge in [-0.1, -0.05) is 13.8 Å². The first-order chi connectivity index (χ1) is 16.4. The fourth-order valence-electron chi connectivity index (χ4n) is 3.20. The Labute approximate surface area is 202 Å². The standard InChI is InChI=1S/C22H26N6O4S2/c1-3-9-32-20-12-23-11-17(25-20)14-5-8-19(24-10-14)27-21(29)16(4-2)18-13-33-22(26-18)28-34(30,31)15-6-7-15/h5,8,10-13,15-16H,3-4,6-7,9H2,1-2H3,(H,26,28)(H,24,27,29). The van der Waals surface area contributed by atoms with Gasteiger partial charge in [0.05, 0.1) is 41.6 Å². The second-order valence-corrected chi connectivity index (χ2v) is 10.7. The molecular formula is C22H26N6O4S2. The molecule has 3 heterocycles. The fourth-order valence-corrected chi connectivity index (χ4v) is 5.56. The zero-order valence-corrected chi connectivity index (χ0v) is 20.5. The molecule has 2 N–H and O–H groups in total. The van der Waals surface area contributed by atoms with Gasteiger partial charge in [-0.05, 0) is 37.8 Å². The van der Waals surface area contributed by atoms with Gasteiger partial charge in [0.25, 0.3) is 0 Å². The second kappa shape index (κ2) is 10.4. The van der Waals surface area contributed by atoms with Crippen LogP contribution in [0.25, 0.3) is 11.3 Å². The van der Waals surface area contributed by atoms with E-state index in [0.29, 0.717) is 49.0 Å².